The molecule has 0 atom stereocenters. The van der Waals surface area contributed by atoms with Gasteiger partial charge in [-0.3, -0.25) is 5.10 Å². The molecular weight excluding hydrogens is 138 g/mol. The van der Waals surface area contributed by atoms with E-state index >= 15 is 0 Å². The van der Waals surface area contributed by atoms with Crippen LogP contribution in [0.2, 0.25) is 0 Å². The summed E-state index contributed by atoms with van der Waals surface area (Å²) in [5, 5.41) is 15.3. The molecule has 0 spiro atoms. The molecule has 0 saturated heterocycles. The lowest BCUT2D eigenvalue weighted by Gasteiger charge is -1.93. The minimum Gasteiger partial charge on any atom is -0.282 e. The minimum atomic E-state index is 0.466. The van der Waals surface area contributed by atoms with Crippen molar-refractivity contribution < 1.29 is 0 Å². The van der Waals surface area contributed by atoms with Crippen LogP contribution in [0.15, 0.2) is 6.58 Å². The van der Waals surface area contributed by atoms with Crippen LogP contribution in [0.4, 0.5) is 0 Å². The van der Waals surface area contributed by atoms with E-state index in [0.29, 0.717) is 5.57 Å². The monoisotopic (exact) mass is 147 g/mol. The zero-order valence-corrected chi connectivity index (χ0v) is 6.60. The van der Waals surface area contributed by atoms with Gasteiger partial charge in [-0.25, -0.2) is 0 Å². The average Bonchev–Trinajstić information content (AvgIpc) is 2.30. The first kappa shape index (κ1) is 7.55. The molecule has 0 unspecified atom stereocenters. The third-order valence-electron chi connectivity index (χ3n) is 1.56. The van der Waals surface area contributed by atoms with Crippen molar-refractivity contribution in [2.75, 3.05) is 0 Å². The van der Waals surface area contributed by atoms with Crippen LogP contribution in [0.3, 0.4) is 0 Å². The van der Waals surface area contributed by atoms with Gasteiger partial charge in [0.1, 0.15) is 0 Å². The number of allylic oxidation sites excluding steroid dienone is 1. The van der Waals surface area contributed by atoms with Gasteiger partial charge in [-0.1, -0.05) is 6.58 Å². The molecule has 1 heterocycles. The van der Waals surface area contributed by atoms with Gasteiger partial charge in [0.15, 0.2) is 0 Å². The quantitative estimate of drug-likeness (QED) is 0.613. The number of aryl methyl sites for hydroxylation is 2. The van der Waals surface area contributed by atoms with Gasteiger partial charge in [0, 0.05) is 11.3 Å². The summed E-state index contributed by atoms with van der Waals surface area (Å²) in [7, 11) is 0. The Balaban J connectivity index is 3.23. The van der Waals surface area contributed by atoms with Crippen LogP contribution in [0.1, 0.15) is 17.0 Å². The fourth-order valence-electron chi connectivity index (χ4n) is 1.05. The highest BCUT2D eigenvalue weighted by Crippen LogP contribution is 2.17. The number of H-pyrrole nitrogens is 1. The fourth-order valence-corrected chi connectivity index (χ4v) is 1.05. The van der Waals surface area contributed by atoms with Crippen LogP contribution < -0.4 is 0 Å². The number of hydrogen-bond donors (Lipinski definition) is 1. The molecule has 3 nitrogen and oxygen atoms in total. The summed E-state index contributed by atoms with van der Waals surface area (Å²) in [4.78, 5) is 0. The second-order valence-electron chi connectivity index (χ2n) is 2.40. The van der Waals surface area contributed by atoms with Crippen molar-refractivity contribution in [1.29, 1.82) is 5.26 Å². The Morgan fingerprint density at radius 3 is 2.64 bits per heavy atom. The molecule has 0 aliphatic carbocycles. The Morgan fingerprint density at radius 1 is 1.64 bits per heavy atom. The number of nitriles is 1. The third kappa shape index (κ3) is 1.15. The Hall–Kier alpha value is -1.56. The molecule has 3 heteroatoms. The predicted molar refractivity (Wildman–Crippen MR) is 42.7 cm³/mol. The van der Waals surface area contributed by atoms with Gasteiger partial charge in [-0.2, -0.15) is 10.4 Å². The Morgan fingerprint density at radius 2 is 2.27 bits per heavy atom. The highest BCUT2D eigenvalue weighted by molar-refractivity contribution is 5.77. The second-order valence-corrected chi connectivity index (χ2v) is 2.40. The molecule has 0 aromatic carbocycles. The van der Waals surface area contributed by atoms with E-state index in [1.165, 1.54) is 0 Å². The van der Waals surface area contributed by atoms with E-state index in [1.54, 1.807) is 0 Å². The van der Waals surface area contributed by atoms with Crippen LogP contribution in [0.5, 0.6) is 0 Å². The molecule has 0 saturated carbocycles. The SMILES string of the molecule is C=C(C#N)c1c(C)n[nH]c1C. The zero-order chi connectivity index (χ0) is 8.43. The number of hydrogen-bond acceptors (Lipinski definition) is 2. The normalized spacial score (nSPS) is 9.18. The molecule has 0 fully saturated rings. The lowest BCUT2D eigenvalue weighted by atomic mass is 10.1. The van der Waals surface area contributed by atoms with Gasteiger partial charge in [0.05, 0.1) is 17.3 Å². The van der Waals surface area contributed by atoms with Crippen molar-refractivity contribution in [2.45, 2.75) is 13.8 Å². The van der Waals surface area contributed by atoms with E-state index in [1.807, 2.05) is 19.9 Å². The maximum absolute atomic E-state index is 8.56. The molecule has 11 heavy (non-hydrogen) atoms. The third-order valence-corrected chi connectivity index (χ3v) is 1.56. The topological polar surface area (TPSA) is 52.5 Å². The average molecular weight is 147 g/mol. The summed E-state index contributed by atoms with van der Waals surface area (Å²) < 4.78 is 0. The van der Waals surface area contributed by atoms with Crippen molar-refractivity contribution in [2.24, 2.45) is 0 Å². The molecule has 0 bridgehead atoms. The summed E-state index contributed by atoms with van der Waals surface area (Å²) >= 11 is 0. The lowest BCUT2D eigenvalue weighted by Crippen LogP contribution is -1.83. The molecule has 0 amide bonds. The van der Waals surface area contributed by atoms with Crippen molar-refractivity contribution in [3.05, 3.63) is 23.5 Å². The Kier molecular flexibility index (Phi) is 1.77. The summed E-state index contributed by atoms with van der Waals surface area (Å²) in [6.45, 7) is 7.34. The van der Waals surface area contributed by atoms with Crippen LogP contribution >= 0.6 is 0 Å². The van der Waals surface area contributed by atoms with Crippen molar-refractivity contribution >= 4 is 5.57 Å². The van der Waals surface area contributed by atoms with Gasteiger partial charge in [-0.15, -0.1) is 0 Å². The summed E-state index contributed by atoms with van der Waals surface area (Å²) in [6.07, 6.45) is 0. The first-order chi connectivity index (χ1) is 5.16. The van der Waals surface area contributed by atoms with E-state index in [4.69, 9.17) is 5.26 Å². The first-order valence-corrected chi connectivity index (χ1v) is 3.27. The molecule has 1 aromatic rings. The van der Waals surface area contributed by atoms with E-state index < -0.39 is 0 Å². The molecule has 0 aliphatic rings. The van der Waals surface area contributed by atoms with Gasteiger partial charge in [-0.05, 0) is 13.8 Å². The lowest BCUT2D eigenvalue weighted by molar-refractivity contribution is 1.02. The summed E-state index contributed by atoms with van der Waals surface area (Å²) in [5.74, 6) is 0. The number of rotatable bonds is 1. The molecular formula is C8H9N3. The first-order valence-electron chi connectivity index (χ1n) is 3.27. The second kappa shape index (κ2) is 2.59. The zero-order valence-electron chi connectivity index (χ0n) is 6.60. The predicted octanol–water partition coefficient (Wildman–Crippen LogP) is 1.56. The van der Waals surface area contributed by atoms with E-state index in [9.17, 15) is 0 Å². The van der Waals surface area contributed by atoms with Crippen LogP contribution in [-0.4, -0.2) is 10.2 Å². The molecule has 1 rings (SSSR count). The maximum atomic E-state index is 8.56. The Labute approximate surface area is 65.4 Å². The standard InChI is InChI=1S/C8H9N3/c1-5(4-9)8-6(2)10-11-7(8)3/h1H2,2-3H3,(H,10,11). The molecule has 56 valence electrons. The smallest absolute Gasteiger partial charge is 0.0993 e. The fraction of sp³-hybridized carbons (Fsp3) is 0.250. The van der Waals surface area contributed by atoms with Gasteiger partial charge >= 0.3 is 0 Å². The van der Waals surface area contributed by atoms with E-state index in [0.717, 1.165) is 17.0 Å². The van der Waals surface area contributed by atoms with Gasteiger partial charge < -0.3 is 0 Å². The van der Waals surface area contributed by atoms with Gasteiger partial charge in [0.25, 0.3) is 0 Å². The summed E-state index contributed by atoms with van der Waals surface area (Å²) in [5.41, 5.74) is 3.03. The Bertz CT molecular complexity index is 308. The van der Waals surface area contributed by atoms with Crippen molar-refractivity contribution in [3.8, 4) is 6.07 Å². The molecule has 0 radical (unpaired) electrons. The van der Waals surface area contributed by atoms with Crippen LogP contribution in [0.25, 0.3) is 5.57 Å². The van der Waals surface area contributed by atoms with Crippen LogP contribution in [0, 0.1) is 25.2 Å². The number of aromatic amines is 1. The molecule has 0 aliphatic heterocycles. The summed E-state index contributed by atoms with van der Waals surface area (Å²) in [6, 6.07) is 1.99. The molecule has 1 N–H and O–H groups in total. The number of aromatic nitrogens is 2. The van der Waals surface area contributed by atoms with Crippen molar-refractivity contribution in [1.82, 2.24) is 10.2 Å². The minimum absolute atomic E-state index is 0.466. The highest BCUT2D eigenvalue weighted by atomic mass is 15.1. The number of nitrogens with zero attached hydrogens (tertiary/aromatic N) is 2. The van der Waals surface area contributed by atoms with E-state index in [2.05, 4.69) is 16.8 Å². The van der Waals surface area contributed by atoms with E-state index in [-0.39, 0.29) is 0 Å². The van der Waals surface area contributed by atoms with Crippen molar-refractivity contribution in [3.63, 3.8) is 0 Å². The van der Waals surface area contributed by atoms with Crippen LogP contribution in [-0.2, 0) is 0 Å². The largest absolute Gasteiger partial charge is 0.282 e. The maximum Gasteiger partial charge on any atom is 0.0993 e. The molecule has 1 aromatic heterocycles. The van der Waals surface area contributed by atoms with Gasteiger partial charge in [0.2, 0.25) is 0 Å². The number of nitrogens with one attached hydrogen (secondary N) is 1. The highest BCUT2D eigenvalue weighted by Gasteiger charge is 2.08.